The molecular formula is C20H25BCl2N2O9. The van der Waals surface area contributed by atoms with Gasteiger partial charge in [0.05, 0.1) is 30.0 Å². The summed E-state index contributed by atoms with van der Waals surface area (Å²) in [5, 5.41) is 33.1. The molecule has 2 amide bonds. The van der Waals surface area contributed by atoms with Crippen molar-refractivity contribution in [2.24, 2.45) is 5.92 Å². The van der Waals surface area contributed by atoms with E-state index in [0.29, 0.717) is 6.42 Å². The van der Waals surface area contributed by atoms with Gasteiger partial charge in [-0.1, -0.05) is 37.0 Å². The van der Waals surface area contributed by atoms with Crippen LogP contribution in [0.3, 0.4) is 0 Å². The Morgan fingerprint density at radius 3 is 2.32 bits per heavy atom. The van der Waals surface area contributed by atoms with E-state index in [1.54, 1.807) is 0 Å². The number of amides is 2. The molecule has 34 heavy (non-hydrogen) atoms. The summed E-state index contributed by atoms with van der Waals surface area (Å²) < 4.78 is 4.97. The number of carboxylic acid groups (broad SMARTS) is 2. The fraction of sp³-hybridized carbons (Fsp3) is 0.450. The van der Waals surface area contributed by atoms with Gasteiger partial charge in [0.1, 0.15) is 0 Å². The molecule has 0 aliphatic heterocycles. The summed E-state index contributed by atoms with van der Waals surface area (Å²) in [5.74, 6) is -6.49. The van der Waals surface area contributed by atoms with Gasteiger partial charge in [0.2, 0.25) is 5.91 Å². The van der Waals surface area contributed by atoms with Crippen LogP contribution >= 0.6 is 23.2 Å². The third-order valence-corrected chi connectivity index (χ3v) is 4.99. The number of halogens is 2. The molecule has 0 bridgehead atoms. The predicted molar refractivity (Wildman–Crippen MR) is 123 cm³/mol. The van der Waals surface area contributed by atoms with Gasteiger partial charge in [-0.05, 0) is 30.5 Å². The summed E-state index contributed by atoms with van der Waals surface area (Å²) in [6.07, 6.45) is -1.92. The molecule has 1 aromatic carbocycles. The molecule has 186 valence electrons. The second-order valence-electron chi connectivity index (χ2n) is 7.97. The number of benzene rings is 1. The molecule has 2 atom stereocenters. The van der Waals surface area contributed by atoms with Gasteiger partial charge < -0.3 is 30.6 Å². The largest absolute Gasteiger partial charge is 0.537 e. The van der Waals surface area contributed by atoms with Crippen molar-refractivity contribution in [3.05, 3.63) is 33.8 Å². The minimum absolute atomic E-state index is 0.0619. The van der Waals surface area contributed by atoms with Gasteiger partial charge in [-0.3, -0.25) is 19.2 Å². The molecular weight excluding hydrogens is 494 g/mol. The first-order chi connectivity index (χ1) is 15.7. The molecule has 0 radical (unpaired) electrons. The molecule has 0 aliphatic rings. The van der Waals surface area contributed by atoms with E-state index in [9.17, 15) is 29.1 Å². The lowest BCUT2D eigenvalue weighted by atomic mass is 9.81. The molecule has 0 saturated carbocycles. The van der Waals surface area contributed by atoms with Crippen LogP contribution in [0.2, 0.25) is 10.0 Å². The highest BCUT2D eigenvalue weighted by Gasteiger charge is 2.41. The number of hydrogen-bond acceptors (Lipinski definition) is 7. The van der Waals surface area contributed by atoms with Crippen molar-refractivity contribution in [3.63, 3.8) is 0 Å². The molecule has 5 N–H and O–H groups in total. The number of nitrogens with one attached hydrogen (secondary N) is 2. The Morgan fingerprint density at radius 2 is 1.76 bits per heavy atom. The van der Waals surface area contributed by atoms with E-state index in [2.05, 4.69) is 10.6 Å². The van der Waals surface area contributed by atoms with Crippen LogP contribution in [0.5, 0.6) is 0 Å². The van der Waals surface area contributed by atoms with Gasteiger partial charge in [-0.2, -0.15) is 0 Å². The fourth-order valence-corrected chi connectivity index (χ4v) is 3.27. The van der Waals surface area contributed by atoms with Crippen molar-refractivity contribution < 1.29 is 43.9 Å². The van der Waals surface area contributed by atoms with Crippen LogP contribution in [-0.4, -0.2) is 70.6 Å². The van der Waals surface area contributed by atoms with E-state index < -0.39 is 60.7 Å². The van der Waals surface area contributed by atoms with Crippen molar-refractivity contribution in [2.75, 3.05) is 6.54 Å². The number of carbonyl (C=O) groups excluding carboxylic acids is 3. The summed E-state index contributed by atoms with van der Waals surface area (Å²) >= 11 is 11.8. The maximum absolute atomic E-state index is 12.3. The molecule has 0 spiro atoms. The van der Waals surface area contributed by atoms with E-state index in [1.807, 2.05) is 13.8 Å². The van der Waals surface area contributed by atoms with E-state index >= 15 is 0 Å². The Morgan fingerprint density at radius 1 is 1.12 bits per heavy atom. The van der Waals surface area contributed by atoms with Gasteiger partial charge in [0.25, 0.3) is 11.9 Å². The molecule has 0 saturated heterocycles. The van der Waals surface area contributed by atoms with Crippen LogP contribution in [0.4, 0.5) is 0 Å². The third kappa shape index (κ3) is 9.98. The standard InChI is InChI=1S/C20H25BCl2N2O9/c1-10(2)5-14(21-34-17(29)8-20(33,19(31)32)7-16(27)28)25-15(26)9-24-18(30)12-6-11(22)3-4-13(12)23/h3-4,6,10,14,21,33H,5,7-9H2,1-2H3,(H,24,30)(H,25,26)(H,27,28)(H,31,32)/t14-,20?/m0/s1. The SMILES string of the molecule is CC(C)C[C@@H](BOC(=O)CC(O)(CC(=O)O)C(=O)O)NC(=O)CNC(=O)c1cc(Cl)ccc1Cl. The molecule has 1 aromatic rings. The minimum Gasteiger partial charge on any atom is -0.537 e. The highest BCUT2D eigenvalue weighted by atomic mass is 35.5. The molecule has 14 heteroatoms. The van der Waals surface area contributed by atoms with Crippen LogP contribution in [0.1, 0.15) is 43.5 Å². The van der Waals surface area contributed by atoms with Gasteiger partial charge >= 0.3 is 19.4 Å². The van der Waals surface area contributed by atoms with Gasteiger partial charge in [-0.15, -0.1) is 0 Å². The van der Waals surface area contributed by atoms with Crippen LogP contribution < -0.4 is 10.6 Å². The second-order valence-corrected chi connectivity index (χ2v) is 8.81. The highest BCUT2D eigenvalue weighted by molar-refractivity contribution is 6.36. The van der Waals surface area contributed by atoms with E-state index in [-0.39, 0.29) is 29.0 Å². The number of hydrogen-bond donors (Lipinski definition) is 5. The zero-order valence-corrected chi connectivity index (χ0v) is 20.0. The summed E-state index contributed by atoms with van der Waals surface area (Å²) in [6, 6.07) is 4.29. The third-order valence-electron chi connectivity index (χ3n) is 4.43. The van der Waals surface area contributed by atoms with Crippen molar-refractivity contribution in [2.45, 2.75) is 44.7 Å². The Hall–Kier alpha value is -2.83. The minimum atomic E-state index is -2.83. The fourth-order valence-electron chi connectivity index (χ4n) is 2.89. The monoisotopic (exact) mass is 518 g/mol. The topological polar surface area (TPSA) is 179 Å². The van der Waals surface area contributed by atoms with Gasteiger partial charge in [0, 0.05) is 11.0 Å². The summed E-state index contributed by atoms with van der Waals surface area (Å²) in [5.41, 5.74) is -2.74. The van der Waals surface area contributed by atoms with Gasteiger partial charge in [0.15, 0.2) is 5.60 Å². The highest BCUT2D eigenvalue weighted by Crippen LogP contribution is 2.20. The van der Waals surface area contributed by atoms with Crippen molar-refractivity contribution in [1.82, 2.24) is 10.6 Å². The number of aliphatic carboxylic acids is 2. The summed E-state index contributed by atoms with van der Waals surface area (Å²) in [6.45, 7) is 3.28. The van der Waals surface area contributed by atoms with Crippen molar-refractivity contribution >= 4 is 60.4 Å². The summed E-state index contributed by atoms with van der Waals surface area (Å²) in [4.78, 5) is 58.5. The molecule has 1 rings (SSSR count). The van der Waals surface area contributed by atoms with Crippen LogP contribution in [-0.2, 0) is 23.8 Å². The van der Waals surface area contributed by atoms with Crippen molar-refractivity contribution in [3.8, 4) is 0 Å². The summed E-state index contributed by atoms with van der Waals surface area (Å²) in [7, 11) is -0.362. The average Bonchev–Trinajstić information content (AvgIpc) is 2.70. The molecule has 1 unspecified atom stereocenters. The smallest absolute Gasteiger partial charge is 0.366 e. The Balaban J connectivity index is 2.68. The van der Waals surface area contributed by atoms with E-state index in [0.717, 1.165) is 0 Å². The molecule has 0 aromatic heterocycles. The first-order valence-electron chi connectivity index (χ1n) is 10.1. The van der Waals surface area contributed by atoms with Crippen LogP contribution in [0.25, 0.3) is 0 Å². The quantitative estimate of drug-likeness (QED) is 0.236. The van der Waals surface area contributed by atoms with Crippen LogP contribution in [0.15, 0.2) is 18.2 Å². The zero-order chi connectivity index (χ0) is 26.1. The molecule has 0 aliphatic carbocycles. The Bertz CT molecular complexity index is 945. The lowest BCUT2D eigenvalue weighted by Gasteiger charge is -2.22. The Kier molecular flexibility index (Phi) is 11.3. The lowest BCUT2D eigenvalue weighted by molar-refractivity contribution is -0.169. The number of carboxylic acids is 2. The maximum Gasteiger partial charge on any atom is 0.366 e. The maximum atomic E-state index is 12.3. The normalized spacial score (nSPS) is 13.4. The molecule has 0 heterocycles. The second kappa shape index (κ2) is 13.2. The predicted octanol–water partition coefficient (Wildman–Crippen LogP) is 0.787. The number of carbonyl (C=O) groups is 5. The van der Waals surface area contributed by atoms with Crippen molar-refractivity contribution in [1.29, 1.82) is 0 Å². The van der Waals surface area contributed by atoms with E-state index in [1.165, 1.54) is 18.2 Å². The van der Waals surface area contributed by atoms with Gasteiger partial charge in [-0.25, -0.2) is 4.79 Å². The first kappa shape index (κ1) is 29.2. The molecule has 0 fully saturated rings. The Labute approximate surface area is 206 Å². The average molecular weight is 519 g/mol. The number of rotatable bonds is 13. The number of aliphatic hydroxyl groups is 1. The van der Waals surface area contributed by atoms with E-state index in [4.69, 9.17) is 38.1 Å². The molecule has 11 nitrogen and oxygen atoms in total. The zero-order valence-electron chi connectivity index (χ0n) is 18.5. The lowest BCUT2D eigenvalue weighted by Crippen LogP contribution is -2.47. The first-order valence-corrected chi connectivity index (χ1v) is 10.8. The van der Waals surface area contributed by atoms with Crippen LogP contribution in [0, 0.1) is 5.92 Å².